The number of carbonyl (C=O) groups is 7. The summed E-state index contributed by atoms with van der Waals surface area (Å²) in [6.45, 7) is 3.67. The molecule has 0 aliphatic rings. The fourth-order valence-corrected chi connectivity index (χ4v) is 5.82. The highest BCUT2D eigenvalue weighted by Crippen LogP contribution is 2.39. The van der Waals surface area contributed by atoms with Crippen LogP contribution in [0.3, 0.4) is 0 Å². The molecule has 0 radical (unpaired) electrons. The van der Waals surface area contributed by atoms with Gasteiger partial charge in [0, 0.05) is 34.6 Å². The van der Waals surface area contributed by atoms with Gasteiger partial charge in [-0.25, -0.2) is 4.79 Å². The van der Waals surface area contributed by atoms with E-state index in [2.05, 4.69) is 26.6 Å². The number of carbonyl (C=O) groups excluding carboxylic acids is 6. The van der Waals surface area contributed by atoms with Gasteiger partial charge in [0.15, 0.2) is 11.5 Å². The van der Waals surface area contributed by atoms with Crippen LogP contribution in [-0.2, 0) is 16.0 Å². The van der Waals surface area contributed by atoms with Crippen LogP contribution >= 0.6 is 0 Å². The lowest BCUT2D eigenvalue weighted by Crippen LogP contribution is -2.46. The van der Waals surface area contributed by atoms with E-state index in [1.165, 1.54) is 72.8 Å². The molecule has 0 aliphatic carbocycles. The number of ether oxygens (including phenoxy) is 1. The molecule has 0 bridgehead atoms. The number of nitrogens with zero attached hydrogens (tertiary/aromatic N) is 1. The molecule has 5 rings (SSSR count). The van der Waals surface area contributed by atoms with E-state index in [0.29, 0.717) is 24.1 Å². The van der Waals surface area contributed by atoms with Crippen LogP contribution in [-0.4, -0.2) is 70.3 Å². The Kier molecular flexibility index (Phi) is 14.7. The first-order valence-electron chi connectivity index (χ1n) is 19.0. The Bertz CT molecular complexity index is 2530. The quantitative estimate of drug-likeness (QED) is 0.0627. The van der Waals surface area contributed by atoms with Crippen molar-refractivity contribution in [3.8, 4) is 17.6 Å². The van der Waals surface area contributed by atoms with E-state index < -0.39 is 59.8 Å². The Balaban J connectivity index is 1.18. The summed E-state index contributed by atoms with van der Waals surface area (Å²) >= 11 is 0. The Morgan fingerprint density at radius 1 is 0.677 bits per heavy atom. The van der Waals surface area contributed by atoms with Crippen LogP contribution in [0.15, 0.2) is 109 Å². The van der Waals surface area contributed by atoms with E-state index in [4.69, 9.17) is 20.8 Å². The summed E-state index contributed by atoms with van der Waals surface area (Å²) in [6.07, 6.45) is -0.535. The predicted octanol–water partition coefficient (Wildman–Crippen LogP) is 4.84. The molecule has 0 unspecified atom stereocenters. The molecular formula is C45H41N7O10. The van der Waals surface area contributed by atoms with E-state index in [0.717, 1.165) is 5.56 Å². The molecule has 0 fully saturated rings. The monoisotopic (exact) mass is 839 g/mol. The molecule has 17 nitrogen and oxygen atoms in total. The summed E-state index contributed by atoms with van der Waals surface area (Å²) in [5.74, 6) is -5.76. The highest BCUT2D eigenvalue weighted by Gasteiger charge is 2.25. The normalized spacial score (nSPS) is 11.0. The lowest BCUT2D eigenvalue weighted by Gasteiger charge is -2.19. The fraction of sp³-hybridized carbons (Fsp3) is 0.156. The zero-order valence-corrected chi connectivity index (χ0v) is 33.4. The van der Waals surface area contributed by atoms with Crippen molar-refractivity contribution in [3.05, 3.63) is 148 Å². The largest absolute Gasteiger partial charge is 0.504 e. The number of hydrogen-bond acceptors (Lipinski definition) is 10. The van der Waals surface area contributed by atoms with E-state index in [1.54, 1.807) is 50.2 Å². The van der Waals surface area contributed by atoms with Crippen LogP contribution in [0.5, 0.6) is 11.5 Å². The van der Waals surface area contributed by atoms with E-state index >= 15 is 0 Å². The molecule has 0 spiro atoms. The van der Waals surface area contributed by atoms with Crippen molar-refractivity contribution in [2.24, 2.45) is 5.73 Å². The van der Waals surface area contributed by atoms with Crippen molar-refractivity contribution in [1.29, 1.82) is 5.26 Å². The number of carboxylic acid groups (broad SMARTS) is 1. The van der Waals surface area contributed by atoms with Crippen LogP contribution < -0.4 is 37.1 Å². The highest BCUT2D eigenvalue weighted by atomic mass is 16.5. The minimum atomic E-state index is -1.35. The first kappa shape index (κ1) is 44.6. The van der Waals surface area contributed by atoms with Crippen LogP contribution in [0.2, 0.25) is 0 Å². The summed E-state index contributed by atoms with van der Waals surface area (Å²) in [5.41, 5.74) is 7.78. The number of nitrogens with one attached hydrogen (secondary N) is 5. The van der Waals surface area contributed by atoms with Gasteiger partial charge in [0.1, 0.15) is 6.04 Å². The summed E-state index contributed by atoms with van der Waals surface area (Å²) in [5, 5.41) is 42.3. The molecule has 5 aromatic carbocycles. The second kappa shape index (κ2) is 20.4. The van der Waals surface area contributed by atoms with Crippen LogP contribution in [0, 0.1) is 11.3 Å². The number of phenols is 1. The van der Waals surface area contributed by atoms with Gasteiger partial charge in [0.25, 0.3) is 23.6 Å². The number of primary amides is 1. The third-order valence-electron chi connectivity index (χ3n) is 9.00. The van der Waals surface area contributed by atoms with Crippen molar-refractivity contribution in [2.45, 2.75) is 38.8 Å². The van der Waals surface area contributed by atoms with Crippen molar-refractivity contribution in [3.63, 3.8) is 0 Å². The van der Waals surface area contributed by atoms with Crippen molar-refractivity contribution in [2.75, 3.05) is 22.5 Å². The van der Waals surface area contributed by atoms with Gasteiger partial charge in [-0.2, -0.15) is 5.26 Å². The zero-order valence-electron chi connectivity index (χ0n) is 33.4. The maximum atomic E-state index is 13.3. The molecular weight excluding hydrogens is 799 g/mol. The highest BCUT2D eigenvalue weighted by molar-refractivity contribution is 6.10. The van der Waals surface area contributed by atoms with Gasteiger partial charge in [0.05, 0.1) is 41.0 Å². The first-order valence-corrected chi connectivity index (χ1v) is 19.0. The molecule has 62 heavy (non-hydrogen) atoms. The molecule has 5 aromatic rings. The number of nitrogens with two attached hydrogens (primary N) is 1. The van der Waals surface area contributed by atoms with E-state index in [1.807, 2.05) is 6.07 Å². The van der Waals surface area contributed by atoms with Gasteiger partial charge in [-0.05, 0) is 123 Å². The molecule has 316 valence electrons. The number of carboxylic acids is 1. The van der Waals surface area contributed by atoms with Crippen molar-refractivity contribution < 1.29 is 48.5 Å². The van der Waals surface area contributed by atoms with Gasteiger partial charge in [-0.1, -0.05) is 12.1 Å². The number of hydrogen-bond donors (Lipinski definition) is 8. The number of anilines is 3. The molecule has 1 atom stereocenters. The molecule has 0 aliphatic heterocycles. The SMILES string of the molecule is CC(C)Oc1c(NC(=O)c2ccc(NC(=O)[C@H](CC(N)=O)NC(=O)c3ccc(CCNC(=O)c4ccc(C#N)cc4)cc3)cc2)ccc(C(=O)Nc2ccc(C(=O)O)cc2)c1O. The average molecular weight is 840 g/mol. The number of phenolic OH excluding ortho intramolecular Hbond substituents is 1. The molecule has 17 heteroatoms. The van der Waals surface area contributed by atoms with Crippen molar-refractivity contribution >= 4 is 58.5 Å². The van der Waals surface area contributed by atoms with Crippen molar-refractivity contribution in [1.82, 2.24) is 10.6 Å². The number of benzene rings is 5. The molecule has 0 aromatic heterocycles. The third kappa shape index (κ3) is 12.0. The molecule has 0 saturated carbocycles. The average Bonchev–Trinajstić information content (AvgIpc) is 3.25. The van der Waals surface area contributed by atoms with Gasteiger partial charge < -0.3 is 47.3 Å². The maximum Gasteiger partial charge on any atom is 0.335 e. The Morgan fingerprint density at radius 3 is 1.81 bits per heavy atom. The second-order valence-corrected chi connectivity index (χ2v) is 14.0. The maximum absolute atomic E-state index is 13.3. The molecule has 9 N–H and O–H groups in total. The minimum Gasteiger partial charge on any atom is -0.504 e. The fourth-order valence-electron chi connectivity index (χ4n) is 5.82. The third-order valence-corrected chi connectivity index (χ3v) is 9.00. The smallest absolute Gasteiger partial charge is 0.335 e. The first-order chi connectivity index (χ1) is 29.6. The van der Waals surface area contributed by atoms with Gasteiger partial charge in [-0.3, -0.25) is 28.8 Å². The van der Waals surface area contributed by atoms with Gasteiger partial charge >= 0.3 is 5.97 Å². The summed E-state index contributed by atoms with van der Waals surface area (Å²) in [7, 11) is 0. The minimum absolute atomic E-state index is 0.0220. The number of aromatic hydroxyl groups is 1. The predicted molar refractivity (Wildman–Crippen MR) is 227 cm³/mol. The summed E-state index contributed by atoms with van der Waals surface area (Å²) in [4.78, 5) is 88.1. The van der Waals surface area contributed by atoms with Crippen LogP contribution in [0.1, 0.15) is 83.2 Å². The van der Waals surface area contributed by atoms with Crippen LogP contribution in [0.25, 0.3) is 0 Å². The number of aromatic carboxylic acids is 1. The molecule has 6 amide bonds. The lowest BCUT2D eigenvalue weighted by atomic mass is 10.1. The Hall–Kier alpha value is -8.52. The van der Waals surface area contributed by atoms with Crippen LogP contribution in [0.4, 0.5) is 17.1 Å². The lowest BCUT2D eigenvalue weighted by molar-refractivity contribution is -0.123. The summed E-state index contributed by atoms with van der Waals surface area (Å²) in [6, 6.07) is 27.0. The summed E-state index contributed by atoms with van der Waals surface area (Å²) < 4.78 is 5.77. The van der Waals surface area contributed by atoms with Gasteiger partial charge in [0.2, 0.25) is 11.8 Å². The van der Waals surface area contributed by atoms with E-state index in [-0.39, 0.29) is 51.0 Å². The number of amides is 6. The standard InChI is InChI=1S/C45H41N7O10/c1-25(2)62-39-35(20-19-34(38(39)54)43(58)49-32-17-13-31(14-18-32)45(60)61)51-41(56)30-11-15-33(16-12-30)50-44(59)36(23-37(47)53)52-42(57)29-7-3-26(4-8-29)21-22-48-40(55)28-9-5-27(24-46)6-10-28/h3-20,25,36,54H,21-23H2,1-2H3,(H2,47,53)(H,48,55)(H,49,58)(H,50,59)(H,51,56)(H,52,57)(H,60,61)/t36-/m0/s1. The zero-order chi connectivity index (χ0) is 44.9. The molecule has 0 saturated heterocycles. The number of nitriles is 1. The topological polar surface area (TPSA) is 279 Å². The van der Waals surface area contributed by atoms with E-state index in [9.17, 15) is 38.7 Å². The Morgan fingerprint density at radius 2 is 1.23 bits per heavy atom. The number of rotatable bonds is 17. The van der Waals surface area contributed by atoms with Gasteiger partial charge in [-0.15, -0.1) is 0 Å². The second-order valence-electron chi connectivity index (χ2n) is 14.0. The Labute approximate surface area is 354 Å². The molecule has 0 heterocycles.